The van der Waals surface area contributed by atoms with Crippen molar-refractivity contribution in [2.75, 3.05) is 12.5 Å². The predicted octanol–water partition coefficient (Wildman–Crippen LogP) is 3.88. The van der Waals surface area contributed by atoms with Crippen molar-refractivity contribution in [3.63, 3.8) is 0 Å². The molecule has 0 atom stereocenters. The Bertz CT molecular complexity index is 1100. The molecule has 0 radical (unpaired) electrons. The summed E-state index contributed by atoms with van der Waals surface area (Å²) in [6.07, 6.45) is 1.79. The molecule has 0 saturated heterocycles. The van der Waals surface area contributed by atoms with Crippen molar-refractivity contribution in [2.45, 2.75) is 32.5 Å². The second kappa shape index (κ2) is 7.79. The highest BCUT2D eigenvalue weighted by Crippen LogP contribution is 2.35. The van der Waals surface area contributed by atoms with Gasteiger partial charge in [-0.2, -0.15) is 0 Å². The molecule has 0 saturated carbocycles. The van der Waals surface area contributed by atoms with E-state index < -0.39 is 0 Å². The molecule has 3 aromatic rings. The third-order valence-corrected chi connectivity index (χ3v) is 5.86. The lowest BCUT2D eigenvalue weighted by atomic mass is 10.2. The Morgan fingerprint density at radius 3 is 2.79 bits per heavy atom. The van der Waals surface area contributed by atoms with Crippen LogP contribution in [-0.4, -0.2) is 37.7 Å². The lowest BCUT2D eigenvalue weighted by molar-refractivity contribution is 0.102. The largest absolute Gasteiger partial charge is 0.454 e. The van der Waals surface area contributed by atoms with Crippen LogP contribution >= 0.6 is 11.8 Å². The summed E-state index contributed by atoms with van der Waals surface area (Å²) < 4.78 is 14.9. The fraction of sp³-hybridized carbons (Fsp3) is 0.286. The number of carbonyl (C=O) groups excluding carboxylic acids is 1. The summed E-state index contributed by atoms with van der Waals surface area (Å²) in [5.41, 5.74) is 3.53. The molecule has 0 aliphatic carbocycles. The Balaban J connectivity index is 1.56. The highest BCUT2D eigenvalue weighted by molar-refractivity contribution is 7.99. The summed E-state index contributed by atoms with van der Waals surface area (Å²) in [5, 5.41) is 8.99. The average molecular weight is 410 g/mol. The quantitative estimate of drug-likeness (QED) is 0.334. The van der Waals surface area contributed by atoms with Gasteiger partial charge in [-0.3, -0.25) is 4.79 Å². The van der Waals surface area contributed by atoms with Crippen molar-refractivity contribution in [1.29, 1.82) is 0 Å². The van der Waals surface area contributed by atoms with Crippen LogP contribution in [0.25, 0.3) is 5.69 Å². The molecular weight excluding hydrogens is 388 g/mol. The van der Waals surface area contributed by atoms with E-state index in [1.165, 1.54) is 11.8 Å². The van der Waals surface area contributed by atoms with Gasteiger partial charge in [-0.05, 0) is 39.0 Å². The number of hydrogen-bond donors (Lipinski definition) is 0. The Kier molecular flexibility index (Phi) is 5.19. The standard InChI is InChI=1S/C21H22N4O3S/c1-5-8-24-15(4)22-23-21(24)29-11-18(26)17-9-13(2)25(14(17)3)16-6-7-19-20(10-16)28-12-27-19/h5-7,9-10H,1,8,11-12H2,2-4H3. The van der Waals surface area contributed by atoms with Crippen molar-refractivity contribution in [3.05, 3.63) is 59.7 Å². The molecule has 8 heteroatoms. The van der Waals surface area contributed by atoms with Crippen molar-refractivity contribution in [2.24, 2.45) is 0 Å². The Morgan fingerprint density at radius 1 is 1.21 bits per heavy atom. The highest BCUT2D eigenvalue weighted by Gasteiger charge is 2.20. The maximum absolute atomic E-state index is 12.9. The van der Waals surface area contributed by atoms with E-state index >= 15 is 0 Å². The van der Waals surface area contributed by atoms with Crippen molar-refractivity contribution in [1.82, 2.24) is 19.3 Å². The van der Waals surface area contributed by atoms with Crippen LogP contribution in [0.1, 0.15) is 27.6 Å². The summed E-state index contributed by atoms with van der Waals surface area (Å²) in [4.78, 5) is 12.9. The number of aromatic nitrogens is 4. The first-order valence-electron chi connectivity index (χ1n) is 9.25. The Labute approximate surface area is 173 Å². The zero-order chi connectivity index (χ0) is 20.5. The molecule has 0 bridgehead atoms. The number of benzene rings is 1. The maximum atomic E-state index is 12.9. The van der Waals surface area contributed by atoms with Gasteiger partial charge in [0.05, 0.1) is 5.75 Å². The first kappa shape index (κ1) is 19.3. The number of nitrogens with zero attached hydrogens (tertiary/aromatic N) is 4. The summed E-state index contributed by atoms with van der Waals surface area (Å²) in [6.45, 7) is 10.5. The third kappa shape index (κ3) is 3.55. The predicted molar refractivity (Wildman–Crippen MR) is 111 cm³/mol. The Hall–Kier alpha value is -3.00. The van der Waals surface area contributed by atoms with Crippen LogP contribution in [0.2, 0.25) is 0 Å². The highest BCUT2D eigenvalue weighted by atomic mass is 32.2. The normalized spacial score (nSPS) is 12.4. The van der Waals surface area contributed by atoms with Gasteiger partial charge >= 0.3 is 0 Å². The van der Waals surface area contributed by atoms with E-state index in [1.807, 2.05) is 49.6 Å². The molecule has 0 fully saturated rings. The van der Waals surface area contributed by atoms with E-state index in [-0.39, 0.29) is 12.6 Å². The smallest absolute Gasteiger partial charge is 0.231 e. The van der Waals surface area contributed by atoms with Crippen LogP contribution in [0.4, 0.5) is 0 Å². The molecule has 1 aliphatic rings. The number of rotatable bonds is 7. The molecule has 1 aromatic carbocycles. The number of thioether (sulfide) groups is 1. The van der Waals surface area contributed by atoms with Gasteiger partial charge in [0.25, 0.3) is 0 Å². The number of allylic oxidation sites excluding steroid dienone is 1. The van der Waals surface area contributed by atoms with Crippen LogP contribution in [0.15, 0.2) is 42.1 Å². The number of carbonyl (C=O) groups is 1. The van der Waals surface area contributed by atoms with Gasteiger partial charge in [-0.25, -0.2) is 0 Å². The van der Waals surface area contributed by atoms with Crippen LogP contribution in [-0.2, 0) is 6.54 Å². The fourth-order valence-corrected chi connectivity index (χ4v) is 4.36. The summed E-state index contributed by atoms with van der Waals surface area (Å²) in [6, 6.07) is 7.73. The van der Waals surface area contributed by atoms with Crippen molar-refractivity contribution >= 4 is 17.5 Å². The maximum Gasteiger partial charge on any atom is 0.231 e. The zero-order valence-corrected chi connectivity index (χ0v) is 17.5. The molecular formula is C21H22N4O3S. The van der Waals surface area contributed by atoms with Gasteiger partial charge in [0.2, 0.25) is 6.79 Å². The van der Waals surface area contributed by atoms with Gasteiger partial charge in [0, 0.05) is 35.2 Å². The van der Waals surface area contributed by atoms with E-state index in [0.717, 1.165) is 39.6 Å². The van der Waals surface area contributed by atoms with E-state index in [1.54, 1.807) is 6.08 Å². The van der Waals surface area contributed by atoms with E-state index in [9.17, 15) is 4.79 Å². The first-order valence-corrected chi connectivity index (χ1v) is 10.2. The summed E-state index contributed by atoms with van der Waals surface area (Å²) in [7, 11) is 0. The molecule has 29 heavy (non-hydrogen) atoms. The fourth-order valence-electron chi connectivity index (χ4n) is 3.48. The number of aryl methyl sites for hydroxylation is 2. The molecule has 0 spiro atoms. The molecule has 2 aromatic heterocycles. The number of hydrogen-bond acceptors (Lipinski definition) is 6. The van der Waals surface area contributed by atoms with Gasteiger partial charge in [0.15, 0.2) is 22.4 Å². The summed E-state index contributed by atoms with van der Waals surface area (Å²) in [5.74, 6) is 2.61. The van der Waals surface area contributed by atoms with Crippen molar-refractivity contribution < 1.29 is 14.3 Å². The SMILES string of the molecule is C=CCn1c(C)nnc1SCC(=O)c1cc(C)n(-c2ccc3c(c2)OCO3)c1C. The number of ether oxygens (including phenoxy) is 2. The molecule has 0 unspecified atom stereocenters. The van der Waals surface area contributed by atoms with Crippen LogP contribution in [0.5, 0.6) is 11.5 Å². The molecule has 0 N–H and O–H groups in total. The van der Waals surface area contributed by atoms with Gasteiger partial charge < -0.3 is 18.6 Å². The van der Waals surface area contributed by atoms with E-state index in [2.05, 4.69) is 21.3 Å². The number of ketones is 1. The van der Waals surface area contributed by atoms with E-state index in [0.29, 0.717) is 17.9 Å². The minimum atomic E-state index is 0.0564. The molecule has 1 aliphatic heterocycles. The van der Waals surface area contributed by atoms with Gasteiger partial charge in [-0.1, -0.05) is 17.8 Å². The minimum Gasteiger partial charge on any atom is -0.454 e. The number of fused-ring (bicyclic) bond motifs is 1. The molecule has 7 nitrogen and oxygen atoms in total. The Morgan fingerprint density at radius 2 is 2.00 bits per heavy atom. The molecule has 4 rings (SSSR count). The van der Waals surface area contributed by atoms with E-state index in [4.69, 9.17) is 9.47 Å². The first-order chi connectivity index (χ1) is 14.0. The second-order valence-corrected chi connectivity index (χ2v) is 7.74. The lowest BCUT2D eigenvalue weighted by Gasteiger charge is -2.11. The number of Topliss-reactive ketones (excluding diaryl/α,β-unsaturated/α-hetero) is 1. The summed E-state index contributed by atoms with van der Waals surface area (Å²) >= 11 is 1.39. The van der Waals surface area contributed by atoms with Crippen LogP contribution < -0.4 is 9.47 Å². The minimum absolute atomic E-state index is 0.0564. The average Bonchev–Trinajstić information content (AvgIpc) is 3.38. The second-order valence-electron chi connectivity index (χ2n) is 6.80. The molecule has 150 valence electrons. The van der Waals surface area contributed by atoms with Crippen LogP contribution in [0.3, 0.4) is 0 Å². The van der Waals surface area contributed by atoms with Gasteiger partial charge in [0.1, 0.15) is 5.82 Å². The van der Waals surface area contributed by atoms with Gasteiger partial charge in [-0.15, -0.1) is 16.8 Å². The molecule has 0 amide bonds. The third-order valence-electron chi connectivity index (χ3n) is 4.89. The van der Waals surface area contributed by atoms with Crippen molar-refractivity contribution in [3.8, 4) is 17.2 Å². The lowest BCUT2D eigenvalue weighted by Crippen LogP contribution is -2.07. The molecule has 3 heterocycles. The zero-order valence-electron chi connectivity index (χ0n) is 16.6. The van der Waals surface area contributed by atoms with Crippen LogP contribution in [0, 0.1) is 20.8 Å². The topological polar surface area (TPSA) is 71.2 Å². The monoisotopic (exact) mass is 410 g/mol.